The van der Waals surface area contributed by atoms with E-state index >= 15 is 0 Å². The average molecular weight is 394 g/mol. The number of aromatic hydroxyl groups is 1. The summed E-state index contributed by atoms with van der Waals surface area (Å²) in [4.78, 5) is 16.6. The molecule has 0 spiro atoms. The molecule has 3 aromatic rings. The normalized spacial score (nSPS) is 11.6. The van der Waals surface area contributed by atoms with Crippen LogP contribution in [0.5, 0.6) is 5.75 Å². The molecule has 2 N–H and O–H groups in total. The van der Waals surface area contributed by atoms with E-state index in [2.05, 4.69) is 9.71 Å². The molecule has 1 aromatic heterocycles. The van der Waals surface area contributed by atoms with E-state index in [1.165, 1.54) is 35.2 Å². The van der Waals surface area contributed by atoms with Crippen LogP contribution in [0, 0.1) is 0 Å². The maximum Gasteiger partial charge on any atom is 0.229 e. The summed E-state index contributed by atoms with van der Waals surface area (Å²) in [5.41, 5.74) is 1.77. The van der Waals surface area contributed by atoms with E-state index in [0.717, 1.165) is 20.8 Å². The number of thiazole rings is 1. The minimum absolute atomic E-state index is 0.0521. The molecule has 0 saturated carbocycles. The minimum atomic E-state index is -3.33. The van der Waals surface area contributed by atoms with Crippen molar-refractivity contribution in [1.82, 2.24) is 4.98 Å². The van der Waals surface area contributed by atoms with Crippen LogP contribution in [0.1, 0.15) is 10.4 Å². The topological polar surface area (TPSA) is 96.4 Å². The zero-order valence-electron chi connectivity index (χ0n) is 13.1. The number of rotatable bonds is 6. The van der Waals surface area contributed by atoms with Gasteiger partial charge in [0.05, 0.1) is 27.9 Å². The Kier molecular flexibility index (Phi) is 4.98. The Morgan fingerprint density at radius 3 is 2.64 bits per heavy atom. The molecular formula is C16H14N2O4S3. The Bertz CT molecular complexity index is 1030. The number of carbonyl (C=O) groups is 1. The number of ketones is 1. The van der Waals surface area contributed by atoms with Gasteiger partial charge < -0.3 is 5.11 Å². The SMILES string of the molecule is CS(=O)(=O)Nc1ccc2nc(SCC(=O)c3ccc(O)cc3)sc2c1. The third-order valence-corrected chi connectivity index (χ3v) is 5.96. The van der Waals surface area contributed by atoms with Crippen molar-refractivity contribution in [2.24, 2.45) is 0 Å². The summed E-state index contributed by atoms with van der Waals surface area (Å²) in [5, 5.41) is 9.25. The molecule has 0 aliphatic carbocycles. The van der Waals surface area contributed by atoms with Gasteiger partial charge in [0.25, 0.3) is 0 Å². The number of anilines is 1. The fraction of sp³-hybridized carbons (Fsp3) is 0.125. The Morgan fingerprint density at radius 1 is 1.24 bits per heavy atom. The first-order valence-electron chi connectivity index (χ1n) is 7.13. The monoisotopic (exact) mass is 394 g/mol. The van der Waals surface area contributed by atoms with Crippen molar-refractivity contribution in [3.05, 3.63) is 48.0 Å². The van der Waals surface area contributed by atoms with Crippen LogP contribution >= 0.6 is 23.1 Å². The number of benzene rings is 2. The van der Waals surface area contributed by atoms with Crippen molar-refractivity contribution >= 4 is 54.8 Å². The van der Waals surface area contributed by atoms with Crippen molar-refractivity contribution in [1.29, 1.82) is 0 Å². The van der Waals surface area contributed by atoms with E-state index < -0.39 is 10.0 Å². The number of phenols is 1. The highest BCUT2D eigenvalue weighted by Crippen LogP contribution is 2.31. The minimum Gasteiger partial charge on any atom is -0.508 e. The zero-order chi connectivity index (χ0) is 18.0. The molecule has 0 fully saturated rings. The highest BCUT2D eigenvalue weighted by Gasteiger charge is 2.11. The van der Waals surface area contributed by atoms with Crippen LogP contribution in [0.4, 0.5) is 5.69 Å². The first-order chi connectivity index (χ1) is 11.8. The first kappa shape index (κ1) is 17.7. The highest BCUT2D eigenvalue weighted by atomic mass is 32.2. The van der Waals surface area contributed by atoms with Gasteiger partial charge in [0.2, 0.25) is 10.0 Å². The molecule has 0 atom stereocenters. The van der Waals surface area contributed by atoms with Crippen LogP contribution in [0.3, 0.4) is 0 Å². The van der Waals surface area contributed by atoms with E-state index in [0.29, 0.717) is 11.3 Å². The molecule has 0 aliphatic heterocycles. The largest absolute Gasteiger partial charge is 0.508 e. The molecule has 25 heavy (non-hydrogen) atoms. The summed E-state index contributed by atoms with van der Waals surface area (Å²) < 4.78 is 26.6. The number of thioether (sulfide) groups is 1. The average Bonchev–Trinajstić information content (AvgIpc) is 2.94. The predicted octanol–water partition coefficient (Wildman–Crippen LogP) is 3.35. The molecule has 0 bridgehead atoms. The van der Waals surface area contributed by atoms with Gasteiger partial charge in [0.15, 0.2) is 10.1 Å². The Labute approximate surface area is 153 Å². The number of hydrogen-bond acceptors (Lipinski definition) is 7. The molecule has 0 aliphatic rings. The molecule has 9 heteroatoms. The van der Waals surface area contributed by atoms with Crippen LogP contribution in [-0.4, -0.2) is 36.3 Å². The Hall–Kier alpha value is -2.10. The lowest BCUT2D eigenvalue weighted by Gasteiger charge is -2.02. The van der Waals surface area contributed by atoms with Crippen LogP contribution in [0.2, 0.25) is 0 Å². The fourth-order valence-electron chi connectivity index (χ4n) is 2.10. The van der Waals surface area contributed by atoms with Crippen molar-refractivity contribution < 1.29 is 18.3 Å². The molecule has 6 nitrogen and oxygen atoms in total. The number of aromatic nitrogens is 1. The number of nitrogens with one attached hydrogen (secondary N) is 1. The van der Waals surface area contributed by atoms with Gasteiger partial charge in [-0.2, -0.15) is 0 Å². The Morgan fingerprint density at radius 2 is 1.96 bits per heavy atom. The smallest absolute Gasteiger partial charge is 0.229 e. The lowest BCUT2D eigenvalue weighted by Crippen LogP contribution is -2.09. The van der Waals surface area contributed by atoms with Crippen LogP contribution in [-0.2, 0) is 10.0 Å². The third kappa shape index (κ3) is 4.71. The standard InChI is InChI=1S/C16H14N2O4S3/c1-25(21,22)18-11-4-7-13-15(8-11)24-16(17-13)23-9-14(20)10-2-5-12(19)6-3-10/h2-8,18-19H,9H2,1H3. The van der Waals surface area contributed by atoms with Gasteiger partial charge in [0, 0.05) is 5.56 Å². The zero-order valence-corrected chi connectivity index (χ0v) is 15.5. The molecule has 2 aromatic carbocycles. The summed E-state index contributed by atoms with van der Waals surface area (Å²) in [7, 11) is -3.33. The first-order valence-corrected chi connectivity index (χ1v) is 10.8. The number of nitrogens with zero attached hydrogens (tertiary/aromatic N) is 1. The Balaban J connectivity index is 1.71. The molecule has 0 radical (unpaired) electrons. The van der Waals surface area contributed by atoms with Crippen molar-refractivity contribution in [2.75, 3.05) is 16.7 Å². The molecule has 3 rings (SSSR count). The fourth-order valence-corrected chi connectivity index (χ4v) is 4.66. The summed E-state index contributed by atoms with van der Waals surface area (Å²) in [5.74, 6) is 0.302. The van der Waals surface area contributed by atoms with Gasteiger partial charge in [-0.3, -0.25) is 9.52 Å². The van der Waals surface area contributed by atoms with E-state index in [-0.39, 0.29) is 17.3 Å². The molecule has 130 valence electrons. The number of phenolic OH excluding ortho intramolecular Hbond substituents is 1. The van der Waals surface area contributed by atoms with Gasteiger partial charge in [-0.1, -0.05) is 11.8 Å². The molecule has 0 saturated heterocycles. The second-order valence-corrected chi connectivity index (χ2v) is 9.30. The number of Topliss-reactive ketones (excluding diaryl/α,β-unsaturated/α-hetero) is 1. The van der Waals surface area contributed by atoms with Gasteiger partial charge in [-0.05, 0) is 42.5 Å². The van der Waals surface area contributed by atoms with E-state index in [9.17, 15) is 18.3 Å². The third-order valence-electron chi connectivity index (χ3n) is 3.19. The molecule has 0 amide bonds. The second-order valence-electron chi connectivity index (χ2n) is 5.30. The number of sulfonamides is 1. The van der Waals surface area contributed by atoms with Crippen molar-refractivity contribution in [2.45, 2.75) is 4.34 Å². The van der Waals surface area contributed by atoms with Crippen molar-refractivity contribution in [3.63, 3.8) is 0 Å². The van der Waals surface area contributed by atoms with Crippen LogP contribution in [0.25, 0.3) is 10.2 Å². The molecular weight excluding hydrogens is 380 g/mol. The number of fused-ring (bicyclic) bond motifs is 1. The summed E-state index contributed by atoms with van der Waals surface area (Å²) in [6, 6.07) is 11.2. The molecule has 1 heterocycles. The summed E-state index contributed by atoms with van der Waals surface area (Å²) in [6.45, 7) is 0. The molecule has 0 unspecified atom stereocenters. The van der Waals surface area contributed by atoms with E-state index in [1.807, 2.05) is 0 Å². The number of hydrogen-bond donors (Lipinski definition) is 2. The highest BCUT2D eigenvalue weighted by molar-refractivity contribution is 8.01. The maximum atomic E-state index is 12.2. The van der Waals surface area contributed by atoms with Gasteiger partial charge in [0.1, 0.15) is 5.75 Å². The van der Waals surface area contributed by atoms with Gasteiger partial charge in [-0.25, -0.2) is 13.4 Å². The van der Waals surface area contributed by atoms with E-state index in [4.69, 9.17) is 0 Å². The quantitative estimate of drug-likeness (QED) is 0.492. The van der Waals surface area contributed by atoms with E-state index in [1.54, 1.807) is 30.3 Å². The predicted molar refractivity (Wildman–Crippen MR) is 101 cm³/mol. The summed E-state index contributed by atoms with van der Waals surface area (Å²) >= 11 is 2.73. The maximum absolute atomic E-state index is 12.2. The number of carbonyl (C=O) groups excluding carboxylic acids is 1. The second kappa shape index (κ2) is 7.03. The van der Waals surface area contributed by atoms with Crippen molar-refractivity contribution in [3.8, 4) is 5.75 Å². The van der Waals surface area contributed by atoms with Crippen LogP contribution < -0.4 is 4.72 Å². The lowest BCUT2D eigenvalue weighted by atomic mass is 10.1. The summed E-state index contributed by atoms with van der Waals surface area (Å²) in [6.07, 6.45) is 1.10. The van der Waals surface area contributed by atoms with Gasteiger partial charge in [-0.15, -0.1) is 11.3 Å². The van der Waals surface area contributed by atoms with Gasteiger partial charge >= 0.3 is 0 Å². The lowest BCUT2D eigenvalue weighted by molar-refractivity contribution is 0.102. The van der Waals surface area contributed by atoms with Crippen LogP contribution in [0.15, 0.2) is 46.8 Å².